The van der Waals surface area contributed by atoms with Gasteiger partial charge in [-0.05, 0) is 33.0 Å². The van der Waals surface area contributed by atoms with Crippen molar-refractivity contribution >= 4 is 15.9 Å². The summed E-state index contributed by atoms with van der Waals surface area (Å²) < 4.78 is 6.27. The minimum atomic E-state index is -0.322. The monoisotopic (exact) mass is 295 g/mol. The third-order valence-electron chi connectivity index (χ3n) is 2.67. The molecule has 90 valence electrons. The summed E-state index contributed by atoms with van der Waals surface area (Å²) in [5.74, 6) is 1.18. The first-order valence-corrected chi connectivity index (χ1v) is 6.11. The van der Waals surface area contributed by atoms with Gasteiger partial charge in [-0.1, -0.05) is 33.2 Å². The normalized spacial score (nSPS) is 11.8. The zero-order valence-corrected chi connectivity index (χ0v) is 11.6. The minimum absolute atomic E-state index is 0.322. The molecule has 0 atom stereocenters. The number of halogens is 1. The van der Waals surface area contributed by atoms with E-state index in [-0.39, 0.29) is 5.54 Å². The Labute approximate surface area is 109 Å². The smallest absolute Gasteiger partial charge is 0.246 e. The number of rotatable bonds is 3. The summed E-state index contributed by atoms with van der Waals surface area (Å²) in [5.41, 5.74) is 0.610. The van der Waals surface area contributed by atoms with Gasteiger partial charge in [0.2, 0.25) is 11.7 Å². The molecule has 0 fully saturated rings. The Morgan fingerprint density at radius 3 is 2.76 bits per heavy atom. The summed E-state index contributed by atoms with van der Waals surface area (Å²) in [5, 5.41) is 7.12. The molecule has 2 aromatic rings. The van der Waals surface area contributed by atoms with Gasteiger partial charge in [0, 0.05) is 10.0 Å². The average molecular weight is 296 g/mol. The molecule has 0 unspecified atom stereocenters. The summed E-state index contributed by atoms with van der Waals surface area (Å²) in [6.45, 7) is 3.98. The Kier molecular flexibility index (Phi) is 3.31. The van der Waals surface area contributed by atoms with Crippen molar-refractivity contribution in [2.24, 2.45) is 0 Å². The topological polar surface area (TPSA) is 51.0 Å². The van der Waals surface area contributed by atoms with Crippen molar-refractivity contribution in [3.8, 4) is 11.4 Å². The first kappa shape index (κ1) is 12.3. The SMILES string of the molecule is CNC(C)(C)c1nc(-c2cccc(Br)c2)no1. The average Bonchev–Trinajstić information content (AvgIpc) is 2.79. The maximum Gasteiger partial charge on any atom is 0.246 e. The fraction of sp³-hybridized carbons (Fsp3) is 0.333. The Morgan fingerprint density at radius 1 is 1.35 bits per heavy atom. The summed E-state index contributed by atoms with van der Waals surface area (Å²) in [4.78, 5) is 4.40. The Hall–Kier alpha value is -1.20. The molecule has 4 nitrogen and oxygen atoms in total. The van der Waals surface area contributed by atoms with Gasteiger partial charge in [0.15, 0.2) is 0 Å². The van der Waals surface area contributed by atoms with Gasteiger partial charge in [-0.2, -0.15) is 4.98 Å². The molecule has 0 aliphatic rings. The van der Waals surface area contributed by atoms with Crippen LogP contribution in [0, 0.1) is 0 Å². The fourth-order valence-corrected chi connectivity index (χ4v) is 1.73. The van der Waals surface area contributed by atoms with Crippen LogP contribution in [0.25, 0.3) is 11.4 Å². The van der Waals surface area contributed by atoms with E-state index in [1.54, 1.807) is 0 Å². The highest BCUT2D eigenvalue weighted by Crippen LogP contribution is 2.23. The molecule has 0 radical (unpaired) electrons. The van der Waals surface area contributed by atoms with Gasteiger partial charge < -0.3 is 9.84 Å². The van der Waals surface area contributed by atoms with Crippen molar-refractivity contribution in [3.05, 3.63) is 34.6 Å². The zero-order chi connectivity index (χ0) is 12.5. The fourth-order valence-electron chi connectivity index (χ4n) is 1.33. The highest BCUT2D eigenvalue weighted by atomic mass is 79.9. The molecule has 0 saturated carbocycles. The van der Waals surface area contributed by atoms with E-state index in [1.807, 2.05) is 45.2 Å². The van der Waals surface area contributed by atoms with Crippen LogP contribution < -0.4 is 5.32 Å². The van der Waals surface area contributed by atoms with Gasteiger partial charge in [0.1, 0.15) is 0 Å². The molecule has 1 heterocycles. The first-order valence-electron chi connectivity index (χ1n) is 5.32. The van der Waals surface area contributed by atoms with E-state index in [0.29, 0.717) is 11.7 Å². The lowest BCUT2D eigenvalue weighted by Gasteiger charge is -2.17. The second-order valence-corrected chi connectivity index (χ2v) is 5.22. The number of benzene rings is 1. The van der Waals surface area contributed by atoms with E-state index in [2.05, 4.69) is 31.4 Å². The molecular formula is C12H14BrN3O. The van der Waals surface area contributed by atoms with Crippen LogP contribution in [0.4, 0.5) is 0 Å². The molecule has 17 heavy (non-hydrogen) atoms. The van der Waals surface area contributed by atoms with Crippen LogP contribution in [0.2, 0.25) is 0 Å². The minimum Gasteiger partial charge on any atom is -0.337 e. The molecule has 0 amide bonds. The molecule has 0 aliphatic heterocycles. The highest BCUT2D eigenvalue weighted by molar-refractivity contribution is 9.10. The third kappa shape index (κ3) is 2.56. The number of aromatic nitrogens is 2. The van der Waals surface area contributed by atoms with Crippen molar-refractivity contribution < 1.29 is 4.52 Å². The number of hydrogen-bond acceptors (Lipinski definition) is 4. The van der Waals surface area contributed by atoms with Crippen molar-refractivity contribution in [1.82, 2.24) is 15.5 Å². The van der Waals surface area contributed by atoms with E-state index in [4.69, 9.17) is 4.52 Å². The number of hydrogen-bond donors (Lipinski definition) is 1. The Balaban J connectivity index is 2.36. The number of nitrogens with zero attached hydrogens (tertiary/aromatic N) is 2. The van der Waals surface area contributed by atoms with Crippen LogP contribution in [-0.2, 0) is 5.54 Å². The van der Waals surface area contributed by atoms with Crippen LogP contribution >= 0.6 is 15.9 Å². The molecule has 5 heteroatoms. The van der Waals surface area contributed by atoms with Gasteiger partial charge in [-0.15, -0.1) is 0 Å². The van der Waals surface area contributed by atoms with Crippen molar-refractivity contribution in [2.75, 3.05) is 7.05 Å². The maximum absolute atomic E-state index is 5.28. The van der Waals surface area contributed by atoms with E-state index in [9.17, 15) is 0 Å². The quantitative estimate of drug-likeness (QED) is 0.946. The second-order valence-electron chi connectivity index (χ2n) is 4.31. The van der Waals surface area contributed by atoms with Gasteiger partial charge in [-0.3, -0.25) is 0 Å². The molecule has 2 rings (SSSR count). The Morgan fingerprint density at radius 2 is 2.12 bits per heavy atom. The lowest BCUT2D eigenvalue weighted by atomic mass is 10.1. The molecule has 1 N–H and O–H groups in total. The number of nitrogens with one attached hydrogen (secondary N) is 1. The van der Waals surface area contributed by atoms with Crippen LogP contribution in [0.1, 0.15) is 19.7 Å². The van der Waals surface area contributed by atoms with Crippen molar-refractivity contribution in [2.45, 2.75) is 19.4 Å². The molecular weight excluding hydrogens is 282 g/mol. The van der Waals surface area contributed by atoms with Crippen LogP contribution in [0.3, 0.4) is 0 Å². The molecule has 0 bridgehead atoms. The highest BCUT2D eigenvalue weighted by Gasteiger charge is 2.25. The lowest BCUT2D eigenvalue weighted by molar-refractivity contribution is 0.281. The predicted molar refractivity (Wildman–Crippen MR) is 69.5 cm³/mol. The molecule has 0 saturated heterocycles. The Bertz CT molecular complexity index is 522. The summed E-state index contributed by atoms with van der Waals surface area (Å²) >= 11 is 3.42. The summed E-state index contributed by atoms with van der Waals surface area (Å²) in [6, 6.07) is 7.81. The lowest BCUT2D eigenvalue weighted by Crippen LogP contribution is -2.33. The zero-order valence-electron chi connectivity index (χ0n) is 9.99. The molecule has 1 aromatic heterocycles. The van der Waals surface area contributed by atoms with Gasteiger partial charge in [0.25, 0.3) is 0 Å². The van der Waals surface area contributed by atoms with Crippen LogP contribution in [-0.4, -0.2) is 17.2 Å². The van der Waals surface area contributed by atoms with E-state index in [0.717, 1.165) is 10.0 Å². The standard InChI is InChI=1S/C12H14BrN3O/c1-12(2,14-3)11-15-10(16-17-11)8-5-4-6-9(13)7-8/h4-7,14H,1-3H3. The molecule has 1 aromatic carbocycles. The molecule has 0 aliphatic carbocycles. The second kappa shape index (κ2) is 4.58. The van der Waals surface area contributed by atoms with Gasteiger partial charge in [-0.25, -0.2) is 0 Å². The predicted octanol–water partition coefficient (Wildman–Crippen LogP) is 2.95. The van der Waals surface area contributed by atoms with Gasteiger partial charge in [0.05, 0.1) is 5.54 Å². The van der Waals surface area contributed by atoms with Crippen LogP contribution in [0.15, 0.2) is 33.3 Å². The van der Waals surface area contributed by atoms with Crippen LogP contribution in [0.5, 0.6) is 0 Å². The summed E-state index contributed by atoms with van der Waals surface area (Å²) in [6.07, 6.45) is 0. The van der Waals surface area contributed by atoms with Gasteiger partial charge >= 0.3 is 0 Å². The van der Waals surface area contributed by atoms with Crippen molar-refractivity contribution in [1.29, 1.82) is 0 Å². The summed E-state index contributed by atoms with van der Waals surface area (Å²) in [7, 11) is 1.86. The first-order chi connectivity index (χ1) is 8.03. The van der Waals surface area contributed by atoms with E-state index < -0.39 is 0 Å². The van der Waals surface area contributed by atoms with E-state index >= 15 is 0 Å². The third-order valence-corrected chi connectivity index (χ3v) is 3.16. The molecule has 0 spiro atoms. The van der Waals surface area contributed by atoms with E-state index in [1.165, 1.54) is 0 Å². The maximum atomic E-state index is 5.28. The van der Waals surface area contributed by atoms with Crippen molar-refractivity contribution in [3.63, 3.8) is 0 Å². The largest absolute Gasteiger partial charge is 0.337 e.